The molecule has 1 aliphatic carbocycles. The van der Waals surface area contributed by atoms with Crippen LogP contribution in [-0.4, -0.2) is 35.6 Å². The summed E-state index contributed by atoms with van der Waals surface area (Å²) in [7, 11) is 2.15. The number of hydrogen-bond acceptors (Lipinski definition) is 2. The predicted octanol–water partition coefficient (Wildman–Crippen LogP) is 2.78. The molecule has 0 radical (unpaired) electrons. The van der Waals surface area contributed by atoms with Crippen molar-refractivity contribution in [3.8, 4) is 0 Å². The third-order valence-electron chi connectivity index (χ3n) is 3.86. The molecule has 16 heavy (non-hydrogen) atoms. The summed E-state index contributed by atoms with van der Waals surface area (Å²) in [4.78, 5) is 12.7. The molecule has 0 aromatic rings. The molecule has 1 N–H and O–H groups in total. The number of carboxylic acid groups (broad SMARTS) is 1. The second-order valence-corrected chi connectivity index (χ2v) is 5.16. The van der Waals surface area contributed by atoms with Gasteiger partial charge in [0.25, 0.3) is 0 Å². The molecular weight excluding hydrogens is 226 g/mol. The van der Waals surface area contributed by atoms with Crippen LogP contribution < -0.4 is 0 Å². The SMILES string of the molecule is CC(N(C)CCCCC(=O)O)C1(C)CC1.Cl. The van der Waals surface area contributed by atoms with Crippen LogP contribution in [0.15, 0.2) is 0 Å². The number of aliphatic carboxylic acids is 1. The van der Waals surface area contributed by atoms with Gasteiger partial charge in [-0.25, -0.2) is 0 Å². The van der Waals surface area contributed by atoms with Gasteiger partial charge in [-0.3, -0.25) is 4.79 Å². The number of rotatable bonds is 7. The van der Waals surface area contributed by atoms with Gasteiger partial charge in [-0.2, -0.15) is 0 Å². The van der Waals surface area contributed by atoms with Gasteiger partial charge in [-0.1, -0.05) is 6.92 Å². The van der Waals surface area contributed by atoms with E-state index in [1.807, 2.05) is 0 Å². The van der Waals surface area contributed by atoms with Crippen molar-refractivity contribution in [2.24, 2.45) is 5.41 Å². The molecular formula is C12H24ClNO2. The van der Waals surface area contributed by atoms with Crippen molar-refractivity contribution in [3.63, 3.8) is 0 Å². The number of halogens is 1. The lowest BCUT2D eigenvalue weighted by atomic mass is 9.99. The van der Waals surface area contributed by atoms with Crippen molar-refractivity contribution in [2.45, 2.75) is 52.0 Å². The van der Waals surface area contributed by atoms with E-state index >= 15 is 0 Å². The largest absolute Gasteiger partial charge is 0.481 e. The summed E-state index contributed by atoms with van der Waals surface area (Å²) in [6.45, 7) is 5.64. The first-order chi connectivity index (χ1) is 6.96. The minimum Gasteiger partial charge on any atom is -0.481 e. The summed E-state index contributed by atoms with van der Waals surface area (Å²) in [5.74, 6) is -0.681. The minimum atomic E-state index is -0.681. The summed E-state index contributed by atoms with van der Waals surface area (Å²) < 4.78 is 0. The van der Waals surface area contributed by atoms with E-state index < -0.39 is 5.97 Å². The molecule has 1 saturated carbocycles. The summed E-state index contributed by atoms with van der Waals surface area (Å²) >= 11 is 0. The van der Waals surface area contributed by atoms with Crippen LogP contribution in [0.4, 0.5) is 0 Å². The molecule has 1 aliphatic rings. The summed E-state index contributed by atoms with van der Waals surface area (Å²) in [6.07, 6.45) is 4.77. The number of carbonyl (C=O) groups is 1. The number of nitrogens with zero attached hydrogens (tertiary/aromatic N) is 1. The summed E-state index contributed by atoms with van der Waals surface area (Å²) in [5, 5.41) is 8.51. The molecule has 1 unspecified atom stereocenters. The van der Waals surface area contributed by atoms with Crippen molar-refractivity contribution in [3.05, 3.63) is 0 Å². The van der Waals surface area contributed by atoms with Gasteiger partial charge in [0.05, 0.1) is 0 Å². The Morgan fingerprint density at radius 1 is 1.44 bits per heavy atom. The van der Waals surface area contributed by atoms with E-state index in [1.54, 1.807) is 0 Å². The highest BCUT2D eigenvalue weighted by Crippen LogP contribution is 2.49. The van der Waals surface area contributed by atoms with E-state index in [0.29, 0.717) is 17.9 Å². The molecule has 0 aromatic carbocycles. The molecule has 3 nitrogen and oxygen atoms in total. The van der Waals surface area contributed by atoms with Gasteiger partial charge < -0.3 is 10.0 Å². The maximum atomic E-state index is 10.3. The Balaban J connectivity index is 0.00000225. The Kier molecular flexibility index (Phi) is 6.34. The number of unbranched alkanes of at least 4 members (excludes halogenated alkanes) is 1. The first kappa shape index (κ1) is 15.7. The quantitative estimate of drug-likeness (QED) is 0.706. The van der Waals surface area contributed by atoms with Crippen molar-refractivity contribution < 1.29 is 9.90 Å². The molecule has 4 heteroatoms. The topological polar surface area (TPSA) is 40.5 Å². The fourth-order valence-electron chi connectivity index (χ4n) is 1.98. The molecule has 1 atom stereocenters. The molecule has 0 spiro atoms. The third kappa shape index (κ3) is 4.71. The Hall–Kier alpha value is -0.280. The zero-order valence-electron chi connectivity index (χ0n) is 10.5. The van der Waals surface area contributed by atoms with Gasteiger partial charge in [-0.05, 0) is 51.6 Å². The van der Waals surface area contributed by atoms with Gasteiger partial charge in [-0.15, -0.1) is 12.4 Å². The molecule has 0 aromatic heterocycles. The molecule has 96 valence electrons. The summed E-state index contributed by atoms with van der Waals surface area (Å²) in [5.41, 5.74) is 0.529. The molecule has 1 fully saturated rings. The van der Waals surface area contributed by atoms with Crippen LogP contribution in [0.5, 0.6) is 0 Å². The fourth-order valence-corrected chi connectivity index (χ4v) is 1.98. The van der Waals surface area contributed by atoms with Crippen LogP contribution in [-0.2, 0) is 4.79 Å². The van der Waals surface area contributed by atoms with E-state index in [0.717, 1.165) is 19.4 Å². The third-order valence-corrected chi connectivity index (χ3v) is 3.86. The average molecular weight is 250 g/mol. The average Bonchev–Trinajstić information content (AvgIpc) is 2.90. The first-order valence-corrected chi connectivity index (χ1v) is 5.88. The van der Waals surface area contributed by atoms with Crippen LogP contribution in [0.25, 0.3) is 0 Å². The van der Waals surface area contributed by atoms with E-state index in [-0.39, 0.29) is 12.4 Å². The Bertz CT molecular complexity index is 229. The molecule has 1 rings (SSSR count). The highest BCUT2D eigenvalue weighted by Gasteiger charge is 2.43. The van der Waals surface area contributed by atoms with E-state index in [4.69, 9.17) is 5.11 Å². The Labute approximate surface area is 105 Å². The van der Waals surface area contributed by atoms with E-state index in [2.05, 4.69) is 25.8 Å². The molecule has 0 aliphatic heterocycles. The lowest BCUT2D eigenvalue weighted by molar-refractivity contribution is -0.137. The second kappa shape index (κ2) is 6.45. The van der Waals surface area contributed by atoms with Gasteiger partial charge in [0.1, 0.15) is 0 Å². The van der Waals surface area contributed by atoms with Crippen LogP contribution in [0.1, 0.15) is 46.0 Å². The lowest BCUT2D eigenvalue weighted by Crippen LogP contribution is -2.36. The molecule has 0 bridgehead atoms. The first-order valence-electron chi connectivity index (χ1n) is 5.88. The normalized spacial score (nSPS) is 19.0. The van der Waals surface area contributed by atoms with Crippen molar-refractivity contribution in [2.75, 3.05) is 13.6 Å². The zero-order valence-corrected chi connectivity index (χ0v) is 11.3. The number of carboxylic acids is 1. The maximum Gasteiger partial charge on any atom is 0.303 e. The van der Waals surface area contributed by atoms with Crippen molar-refractivity contribution in [1.82, 2.24) is 4.90 Å². The van der Waals surface area contributed by atoms with E-state index in [1.165, 1.54) is 12.8 Å². The van der Waals surface area contributed by atoms with Gasteiger partial charge in [0.15, 0.2) is 0 Å². The second-order valence-electron chi connectivity index (χ2n) is 5.16. The van der Waals surface area contributed by atoms with Crippen LogP contribution in [0, 0.1) is 5.41 Å². The van der Waals surface area contributed by atoms with Crippen molar-refractivity contribution in [1.29, 1.82) is 0 Å². The zero-order chi connectivity index (χ0) is 11.5. The van der Waals surface area contributed by atoms with E-state index in [9.17, 15) is 4.79 Å². The van der Waals surface area contributed by atoms with Crippen LogP contribution in [0.2, 0.25) is 0 Å². The Morgan fingerprint density at radius 3 is 2.44 bits per heavy atom. The highest BCUT2D eigenvalue weighted by molar-refractivity contribution is 5.85. The van der Waals surface area contributed by atoms with Crippen LogP contribution in [0.3, 0.4) is 0 Å². The molecule has 0 heterocycles. The maximum absolute atomic E-state index is 10.3. The minimum absolute atomic E-state index is 0. The molecule has 0 amide bonds. The van der Waals surface area contributed by atoms with Gasteiger partial charge in [0, 0.05) is 12.5 Å². The van der Waals surface area contributed by atoms with Crippen LogP contribution >= 0.6 is 12.4 Å². The smallest absolute Gasteiger partial charge is 0.303 e. The standard InChI is InChI=1S/C12H23NO2.ClH/c1-10(12(2)7-8-12)13(3)9-5-4-6-11(14)15;/h10H,4-9H2,1-3H3,(H,14,15);1H. The highest BCUT2D eigenvalue weighted by atomic mass is 35.5. The Morgan fingerprint density at radius 2 is 2.00 bits per heavy atom. The van der Waals surface area contributed by atoms with Crippen molar-refractivity contribution >= 4 is 18.4 Å². The van der Waals surface area contributed by atoms with Gasteiger partial charge >= 0.3 is 5.97 Å². The predicted molar refractivity (Wildman–Crippen MR) is 68.2 cm³/mol. The number of hydrogen-bond donors (Lipinski definition) is 1. The van der Waals surface area contributed by atoms with Gasteiger partial charge in [0.2, 0.25) is 0 Å². The fraction of sp³-hybridized carbons (Fsp3) is 0.917. The summed E-state index contributed by atoms with van der Waals surface area (Å²) in [6, 6.07) is 0.627. The monoisotopic (exact) mass is 249 g/mol. The lowest BCUT2D eigenvalue weighted by Gasteiger charge is -2.29. The molecule has 0 saturated heterocycles.